The minimum atomic E-state index is -0.170. The van der Waals surface area contributed by atoms with Gasteiger partial charge in [-0.1, -0.05) is 31.2 Å². The van der Waals surface area contributed by atoms with Crippen molar-refractivity contribution in [2.45, 2.75) is 45.3 Å². The van der Waals surface area contributed by atoms with Crippen LogP contribution in [0, 0.1) is 0 Å². The zero-order valence-electron chi connectivity index (χ0n) is 13.5. The van der Waals surface area contributed by atoms with Crippen LogP contribution in [0.4, 0.5) is 0 Å². The summed E-state index contributed by atoms with van der Waals surface area (Å²) in [5.41, 5.74) is 1.99. The van der Waals surface area contributed by atoms with Crippen molar-refractivity contribution in [2.24, 2.45) is 0 Å². The van der Waals surface area contributed by atoms with Gasteiger partial charge in [-0.3, -0.25) is 4.98 Å². The Kier molecular flexibility index (Phi) is 5.32. The van der Waals surface area contributed by atoms with E-state index in [4.69, 9.17) is 9.72 Å². The second kappa shape index (κ2) is 7.01. The highest BCUT2D eigenvalue weighted by molar-refractivity contribution is 5.78. The molecule has 2 unspecified atom stereocenters. The van der Waals surface area contributed by atoms with Gasteiger partial charge in [0.15, 0.2) is 0 Å². The lowest BCUT2D eigenvalue weighted by Gasteiger charge is -2.36. The molecule has 0 amide bonds. The topological polar surface area (TPSA) is 34.1 Å². The van der Waals surface area contributed by atoms with Gasteiger partial charge < -0.3 is 10.1 Å². The lowest BCUT2D eigenvalue weighted by atomic mass is 9.89. The number of hydrogen-bond acceptors (Lipinski definition) is 3. The molecule has 0 aliphatic heterocycles. The molecule has 0 aliphatic carbocycles. The number of hydrogen-bond donors (Lipinski definition) is 1. The molecular weight excluding hydrogens is 260 g/mol. The van der Waals surface area contributed by atoms with E-state index in [1.807, 2.05) is 19.2 Å². The normalized spacial score (nSPS) is 15.8. The van der Waals surface area contributed by atoms with Gasteiger partial charge in [0.05, 0.1) is 11.1 Å². The molecule has 114 valence electrons. The number of nitrogens with one attached hydrogen (secondary N) is 1. The van der Waals surface area contributed by atoms with E-state index in [2.05, 4.69) is 50.4 Å². The zero-order chi connectivity index (χ0) is 15.3. The first-order valence-corrected chi connectivity index (χ1v) is 7.78. The van der Waals surface area contributed by atoms with Gasteiger partial charge in [-0.25, -0.2) is 0 Å². The molecule has 3 heteroatoms. The maximum Gasteiger partial charge on any atom is 0.0807 e. The van der Waals surface area contributed by atoms with Crippen LogP contribution in [-0.2, 0) is 11.2 Å². The van der Waals surface area contributed by atoms with Crippen molar-refractivity contribution in [1.82, 2.24) is 10.3 Å². The quantitative estimate of drug-likeness (QED) is 0.845. The average Bonchev–Trinajstić information content (AvgIpc) is 2.52. The van der Waals surface area contributed by atoms with Crippen LogP contribution in [0.25, 0.3) is 10.9 Å². The van der Waals surface area contributed by atoms with Crippen molar-refractivity contribution >= 4 is 10.9 Å². The summed E-state index contributed by atoms with van der Waals surface area (Å²) in [6.45, 7) is 7.13. The van der Waals surface area contributed by atoms with Crippen LogP contribution in [0.15, 0.2) is 36.4 Å². The molecule has 21 heavy (non-hydrogen) atoms. The fourth-order valence-electron chi connectivity index (χ4n) is 2.83. The number of aromatic nitrogens is 1. The maximum absolute atomic E-state index is 6.00. The number of ether oxygens (including phenoxy) is 1. The average molecular weight is 286 g/mol. The Labute approximate surface area is 127 Å². The van der Waals surface area contributed by atoms with Crippen LogP contribution >= 0.6 is 0 Å². The molecular formula is C18H26N2O. The summed E-state index contributed by atoms with van der Waals surface area (Å²) in [5.74, 6) is 0. The van der Waals surface area contributed by atoms with Crippen molar-refractivity contribution in [2.75, 3.05) is 13.7 Å². The minimum absolute atomic E-state index is 0.170. The van der Waals surface area contributed by atoms with Crippen LogP contribution in [0.2, 0.25) is 0 Å². The van der Waals surface area contributed by atoms with Crippen molar-refractivity contribution in [3.8, 4) is 0 Å². The third kappa shape index (κ3) is 3.60. The SMILES string of the molecule is CCOC(C)(CC)C(Cc1ccc2ccccc2n1)NC. The van der Waals surface area contributed by atoms with Gasteiger partial charge in [0.1, 0.15) is 0 Å². The summed E-state index contributed by atoms with van der Waals surface area (Å²) >= 11 is 0. The van der Waals surface area contributed by atoms with Crippen molar-refractivity contribution in [3.63, 3.8) is 0 Å². The third-order valence-corrected chi connectivity index (χ3v) is 4.33. The predicted octanol–water partition coefficient (Wildman–Crippen LogP) is 3.57. The standard InChI is InChI=1S/C18H26N2O/c1-5-18(3,21-6-2)17(19-4)13-15-12-11-14-9-7-8-10-16(14)20-15/h7-12,17,19H,5-6,13H2,1-4H3. The molecule has 0 fully saturated rings. The number of para-hydroxylation sites is 1. The van der Waals surface area contributed by atoms with Gasteiger partial charge in [-0.15, -0.1) is 0 Å². The monoisotopic (exact) mass is 286 g/mol. The Balaban J connectivity index is 2.23. The van der Waals surface area contributed by atoms with Gasteiger partial charge in [-0.05, 0) is 39.4 Å². The van der Waals surface area contributed by atoms with E-state index in [9.17, 15) is 0 Å². The summed E-state index contributed by atoms with van der Waals surface area (Å²) < 4.78 is 6.00. The predicted molar refractivity (Wildman–Crippen MR) is 88.6 cm³/mol. The van der Waals surface area contributed by atoms with Gasteiger partial charge in [0, 0.05) is 30.1 Å². The second-order valence-corrected chi connectivity index (χ2v) is 5.64. The third-order valence-electron chi connectivity index (χ3n) is 4.33. The second-order valence-electron chi connectivity index (χ2n) is 5.64. The minimum Gasteiger partial charge on any atom is -0.374 e. The fraction of sp³-hybridized carbons (Fsp3) is 0.500. The van der Waals surface area contributed by atoms with Crippen LogP contribution in [0.5, 0.6) is 0 Å². The van der Waals surface area contributed by atoms with E-state index >= 15 is 0 Å². The van der Waals surface area contributed by atoms with Gasteiger partial charge in [0.25, 0.3) is 0 Å². The van der Waals surface area contributed by atoms with E-state index in [-0.39, 0.29) is 11.6 Å². The van der Waals surface area contributed by atoms with Crippen molar-refractivity contribution in [1.29, 1.82) is 0 Å². The molecule has 1 aromatic heterocycles. The number of likely N-dealkylation sites (N-methyl/N-ethyl adjacent to an activating group) is 1. The van der Waals surface area contributed by atoms with Crippen LogP contribution < -0.4 is 5.32 Å². The smallest absolute Gasteiger partial charge is 0.0807 e. The molecule has 0 bridgehead atoms. The molecule has 1 aromatic carbocycles. The number of nitrogens with zero attached hydrogens (tertiary/aromatic N) is 1. The Hall–Kier alpha value is -1.45. The lowest BCUT2D eigenvalue weighted by molar-refractivity contribution is -0.0535. The van der Waals surface area contributed by atoms with E-state index in [0.717, 1.165) is 30.7 Å². The van der Waals surface area contributed by atoms with E-state index in [0.29, 0.717) is 0 Å². The molecule has 0 spiro atoms. The first-order valence-electron chi connectivity index (χ1n) is 7.78. The van der Waals surface area contributed by atoms with E-state index < -0.39 is 0 Å². The summed E-state index contributed by atoms with van der Waals surface area (Å²) in [4.78, 5) is 4.78. The molecule has 3 nitrogen and oxygen atoms in total. The Morgan fingerprint density at radius 2 is 1.95 bits per heavy atom. The Morgan fingerprint density at radius 1 is 1.19 bits per heavy atom. The number of benzene rings is 1. The van der Waals surface area contributed by atoms with Gasteiger partial charge in [-0.2, -0.15) is 0 Å². The van der Waals surface area contributed by atoms with E-state index in [1.54, 1.807) is 0 Å². The summed E-state index contributed by atoms with van der Waals surface area (Å²) in [6, 6.07) is 12.8. The molecule has 2 rings (SSSR count). The largest absolute Gasteiger partial charge is 0.374 e. The molecule has 1 N–H and O–H groups in total. The highest BCUT2D eigenvalue weighted by Gasteiger charge is 2.32. The lowest BCUT2D eigenvalue weighted by Crippen LogP contribution is -2.50. The Bertz CT molecular complexity index is 584. The van der Waals surface area contributed by atoms with Gasteiger partial charge >= 0.3 is 0 Å². The van der Waals surface area contributed by atoms with Crippen molar-refractivity contribution in [3.05, 3.63) is 42.1 Å². The molecule has 0 aliphatic rings. The molecule has 1 heterocycles. The van der Waals surface area contributed by atoms with Crippen molar-refractivity contribution < 1.29 is 4.74 Å². The highest BCUT2D eigenvalue weighted by atomic mass is 16.5. The molecule has 0 saturated carbocycles. The number of rotatable bonds is 7. The molecule has 0 radical (unpaired) electrons. The van der Waals surface area contributed by atoms with E-state index in [1.165, 1.54) is 5.39 Å². The fourth-order valence-corrected chi connectivity index (χ4v) is 2.83. The summed E-state index contributed by atoms with van der Waals surface area (Å²) in [6.07, 6.45) is 1.84. The van der Waals surface area contributed by atoms with Gasteiger partial charge in [0.2, 0.25) is 0 Å². The summed E-state index contributed by atoms with van der Waals surface area (Å²) in [7, 11) is 2.00. The first kappa shape index (κ1) is 15.9. The van der Waals surface area contributed by atoms with Crippen LogP contribution in [-0.4, -0.2) is 30.3 Å². The molecule has 2 atom stereocenters. The molecule has 0 saturated heterocycles. The number of fused-ring (bicyclic) bond motifs is 1. The summed E-state index contributed by atoms with van der Waals surface area (Å²) in [5, 5.41) is 4.60. The zero-order valence-corrected chi connectivity index (χ0v) is 13.5. The first-order chi connectivity index (χ1) is 10.1. The molecule has 2 aromatic rings. The Morgan fingerprint density at radius 3 is 2.62 bits per heavy atom. The maximum atomic E-state index is 6.00. The number of pyridine rings is 1. The van der Waals surface area contributed by atoms with Crippen LogP contribution in [0.3, 0.4) is 0 Å². The highest BCUT2D eigenvalue weighted by Crippen LogP contribution is 2.23. The van der Waals surface area contributed by atoms with Crippen LogP contribution in [0.1, 0.15) is 32.9 Å².